The van der Waals surface area contributed by atoms with Crippen molar-refractivity contribution < 1.29 is 8.42 Å². The van der Waals surface area contributed by atoms with Crippen molar-refractivity contribution in [1.82, 2.24) is 8.61 Å². The van der Waals surface area contributed by atoms with E-state index >= 15 is 0 Å². The summed E-state index contributed by atoms with van der Waals surface area (Å²) in [5.74, 6) is 0.318. The molecule has 6 heteroatoms. The van der Waals surface area contributed by atoms with Gasteiger partial charge in [-0.2, -0.15) is 17.0 Å². The standard InChI is InChI=1S/C13H31N3O2S/c1-6-13(7-2)16(11-12(3)4)19(17,18)15(5)10-8-9-14/h12-13H,6-11,14H2,1-5H3. The normalized spacial score (nSPS) is 13.2. The third-order valence-corrected chi connectivity index (χ3v) is 5.27. The summed E-state index contributed by atoms with van der Waals surface area (Å²) in [4.78, 5) is 0. The van der Waals surface area contributed by atoms with Crippen molar-refractivity contribution in [2.24, 2.45) is 11.7 Å². The molecule has 0 bridgehead atoms. The predicted molar refractivity (Wildman–Crippen MR) is 81.1 cm³/mol. The highest BCUT2D eigenvalue weighted by molar-refractivity contribution is 7.86. The van der Waals surface area contributed by atoms with Crippen molar-refractivity contribution in [2.45, 2.75) is 53.0 Å². The van der Waals surface area contributed by atoms with Crippen LogP contribution in [0.5, 0.6) is 0 Å². The van der Waals surface area contributed by atoms with Crippen LogP contribution in [0.25, 0.3) is 0 Å². The maximum atomic E-state index is 12.6. The maximum absolute atomic E-state index is 12.6. The molecule has 0 heterocycles. The highest BCUT2D eigenvalue weighted by Gasteiger charge is 2.31. The molecule has 0 atom stereocenters. The van der Waals surface area contributed by atoms with E-state index < -0.39 is 10.2 Å². The topological polar surface area (TPSA) is 66.6 Å². The van der Waals surface area contributed by atoms with Crippen molar-refractivity contribution in [3.05, 3.63) is 0 Å². The van der Waals surface area contributed by atoms with Crippen LogP contribution >= 0.6 is 0 Å². The number of nitrogens with zero attached hydrogens (tertiary/aromatic N) is 2. The highest BCUT2D eigenvalue weighted by Crippen LogP contribution is 2.18. The Kier molecular flexibility index (Phi) is 8.81. The van der Waals surface area contributed by atoms with Gasteiger partial charge < -0.3 is 5.73 Å². The molecule has 0 radical (unpaired) electrons. The molecule has 116 valence electrons. The summed E-state index contributed by atoms with van der Waals surface area (Å²) in [5.41, 5.74) is 5.45. The third-order valence-electron chi connectivity index (χ3n) is 3.26. The highest BCUT2D eigenvalue weighted by atomic mass is 32.2. The first kappa shape index (κ1) is 18.8. The number of hydrogen-bond acceptors (Lipinski definition) is 3. The summed E-state index contributed by atoms with van der Waals surface area (Å²) < 4.78 is 28.4. The first-order chi connectivity index (χ1) is 8.81. The van der Waals surface area contributed by atoms with Crippen LogP contribution in [0.4, 0.5) is 0 Å². The molecular weight excluding hydrogens is 262 g/mol. The monoisotopic (exact) mass is 293 g/mol. The molecule has 5 nitrogen and oxygen atoms in total. The lowest BCUT2D eigenvalue weighted by Crippen LogP contribution is -2.48. The Morgan fingerprint density at radius 3 is 2.05 bits per heavy atom. The fourth-order valence-corrected chi connectivity index (χ4v) is 3.98. The fraction of sp³-hybridized carbons (Fsp3) is 1.00. The predicted octanol–water partition coefficient (Wildman–Crippen LogP) is 1.66. The van der Waals surface area contributed by atoms with Crippen LogP contribution in [0.15, 0.2) is 0 Å². The minimum atomic E-state index is -3.38. The second-order valence-corrected chi connectivity index (χ2v) is 7.39. The molecule has 2 N–H and O–H groups in total. The average Bonchev–Trinajstić information content (AvgIpc) is 2.35. The smallest absolute Gasteiger partial charge is 0.281 e. The van der Waals surface area contributed by atoms with Gasteiger partial charge in [0.25, 0.3) is 10.2 Å². The van der Waals surface area contributed by atoms with E-state index in [-0.39, 0.29) is 6.04 Å². The van der Waals surface area contributed by atoms with Crippen molar-refractivity contribution in [2.75, 3.05) is 26.7 Å². The van der Waals surface area contributed by atoms with Gasteiger partial charge in [-0.1, -0.05) is 27.7 Å². The summed E-state index contributed by atoms with van der Waals surface area (Å²) in [6.45, 7) is 9.73. The van der Waals surface area contributed by atoms with Crippen LogP contribution < -0.4 is 5.73 Å². The van der Waals surface area contributed by atoms with Crippen LogP contribution in [0, 0.1) is 5.92 Å². The molecular formula is C13H31N3O2S. The lowest BCUT2D eigenvalue weighted by Gasteiger charge is -2.34. The van der Waals surface area contributed by atoms with Gasteiger partial charge in [-0.25, -0.2) is 0 Å². The van der Waals surface area contributed by atoms with E-state index in [4.69, 9.17) is 5.73 Å². The first-order valence-electron chi connectivity index (χ1n) is 7.24. The van der Waals surface area contributed by atoms with Gasteiger partial charge in [-0.05, 0) is 31.7 Å². The number of rotatable bonds is 10. The van der Waals surface area contributed by atoms with Gasteiger partial charge in [0, 0.05) is 26.2 Å². The molecule has 0 saturated heterocycles. The molecule has 0 unspecified atom stereocenters. The van der Waals surface area contributed by atoms with E-state index in [0.717, 1.165) is 12.8 Å². The molecule has 0 aliphatic rings. The van der Waals surface area contributed by atoms with E-state index in [1.807, 2.05) is 27.7 Å². The first-order valence-corrected chi connectivity index (χ1v) is 8.64. The summed E-state index contributed by atoms with van der Waals surface area (Å²) in [7, 11) is -1.74. The molecule has 0 spiro atoms. The van der Waals surface area contributed by atoms with Crippen LogP contribution in [0.2, 0.25) is 0 Å². The van der Waals surface area contributed by atoms with E-state index in [9.17, 15) is 8.42 Å². The molecule has 0 fully saturated rings. The molecule has 0 aliphatic carbocycles. The van der Waals surface area contributed by atoms with Crippen molar-refractivity contribution >= 4 is 10.2 Å². The van der Waals surface area contributed by atoms with Crippen LogP contribution in [0.3, 0.4) is 0 Å². The van der Waals surface area contributed by atoms with Crippen LogP contribution in [-0.2, 0) is 10.2 Å². The second kappa shape index (κ2) is 8.89. The van der Waals surface area contributed by atoms with Gasteiger partial charge in [-0.15, -0.1) is 0 Å². The third kappa shape index (κ3) is 5.77. The molecule has 0 amide bonds. The average molecular weight is 293 g/mol. The Hall–Kier alpha value is -0.170. The van der Waals surface area contributed by atoms with E-state index in [1.54, 1.807) is 11.4 Å². The minimum Gasteiger partial charge on any atom is -0.330 e. The summed E-state index contributed by atoms with van der Waals surface area (Å²) >= 11 is 0. The van der Waals surface area contributed by atoms with Gasteiger partial charge in [0.15, 0.2) is 0 Å². The molecule has 0 aromatic rings. The summed E-state index contributed by atoms with van der Waals surface area (Å²) in [6.07, 6.45) is 2.37. The Labute approximate surface area is 119 Å². The number of nitrogens with two attached hydrogens (primary N) is 1. The zero-order valence-electron chi connectivity index (χ0n) is 13.1. The quantitative estimate of drug-likeness (QED) is 0.666. The van der Waals surface area contributed by atoms with Crippen molar-refractivity contribution in [3.63, 3.8) is 0 Å². The fourth-order valence-electron chi connectivity index (χ4n) is 2.10. The van der Waals surface area contributed by atoms with Gasteiger partial charge in [0.05, 0.1) is 0 Å². The van der Waals surface area contributed by atoms with Gasteiger partial charge in [0.2, 0.25) is 0 Å². The molecule has 0 saturated carbocycles. The molecule has 0 aromatic carbocycles. The largest absolute Gasteiger partial charge is 0.330 e. The molecule has 19 heavy (non-hydrogen) atoms. The molecule has 0 rings (SSSR count). The summed E-state index contributed by atoms with van der Waals surface area (Å²) in [6, 6.07) is 0.0766. The van der Waals surface area contributed by atoms with E-state index in [0.29, 0.717) is 32.0 Å². The van der Waals surface area contributed by atoms with Crippen molar-refractivity contribution in [1.29, 1.82) is 0 Å². The Morgan fingerprint density at radius 2 is 1.68 bits per heavy atom. The Balaban J connectivity index is 5.10. The zero-order chi connectivity index (χ0) is 15.1. The van der Waals surface area contributed by atoms with Crippen LogP contribution in [-0.4, -0.2) is 49.8 Å². The maximum Gasteiger partial charge on any atom is 0.281 e. The van der Waals surface area contributed by atoms with Crippen molar-refractivity contribution in [3.8, 4) is 0 Å². The molecule has 0 aliphatic heterocycles. The lowest BCUT2D eigenvalue weighted by atomic mass is 10.1. The SMILES string of the molecule is CCC(CC)N(CC(C)C)S(=O)(=O)N(C)CCCN. The van der Waals surface area contributed by atoms with Gasteiger partial charge in [0.1, 0.15) is 0 Å². The Bertz CT molecular complexity index is 327. The van der Waals surface area contributed by atoms with E-state index in [1.165, 1.54) is 4.31 Å². The minimum absolute atomic E-state index is 0.0766. The van der Waals surface area contributed by atoms with Gasteiger partial charge in [-0.3, -0.25) is 0 Å². The zero-order valence-corrected chi connectivity index (χ0v) is 13.9. The van der Waals surface area contributed by atoms with Crippen LogP contribution in [0.1, 0.15) is 47.0 Å². The number of hydrogen-bond donors (Lipinski definition) is 1. The van der Waals surface area contributed by atoms with E-state index in [2.05, 4.69) is 0 Å². The Morgan fingerprint density at radius 1 is 1.16 bits per heavy atom. The molecule has 0 aromatic heterocycles. The second-order valence-electron chi connectivity index (χ2n) is 5.41. The van der Waals surface area contributed by atoms with Gasteiger partial charge >= 0.3 is 0 Å². The lowest BCUT2D eigenvalue weighted by molar-refractivity contribution is 0.256. The summed E-state index contributed by atoms with van der Waals surface area (Å²) in [5, 5.41) is 0.